The number of aryl methyl sites for hydroxylation is 4. The minimum absolute atomic E-state index is 0.0692. The summed E-state index contributed by atoms with van der Waals surface area (Å²) in [5, 5.41) is 8.08. The van der Waals surface area contributed by atoms with Crippen molar-refractivity contribution in [1.29, 1.82) is 0 Å². The minimum atomic E-state index is -0.0692. The van der Waals surface area contributed by atoms with Gasteiger partial charge in [-0.1, -0.05) is 42.8 Å². The Balaban J connectivity index is 1.70. The number of anilines is 1. The molecule has 0 spiro atoms. The molecule has 3 aromatic rings. The van der Waals surface area contributed by atoms with E-state index in [0.717, 1.165) is 41.9 Å². The van der Waals surface area contributed by atoms with Crippen molar-refractivity contribution in [3.05, 3.63) is 46.3 Å². The highest BCUT2D eigenvalue weighted by Gasteiger charge is 2.14. The van der Waals surface area contributed by atoms with Crippen LogP contribution in [-0.4, -0.2) is 31.2 Å². The predicted molar refractivity (Wildman–Crippen MR) is 114 cm³/mol. The summed E-state index contributed by atoms with van der Waals surface area (Å²) in [6, 6.07) is 5.98. The highest BCUT2D eigenvalue weighted by Crippen LogP contribution is 2.21. The second kappa shape index (κ2) is 8.73. The van der Waals surface area contributed by atoms with Gasteiger partial charge in [0.05, 0.1) is 5.75 Å². The molecule has 0 aliphatic heterocycles. The van der Waals surface area contributed by atoms with Crippen LogP contribution in [-0.2, 0) is 11.2 Å². The normalized spacial score (nSPS) is 11.2. The molecular weight excluding hydrogens is 370 g/mol. The summed E-state index contributed by atoms with van der Waals surface area (Å²) in [5.74, 6) is 0.776. The first-order valence-corrected chi connectivity index (χ1v) is 10.6. The fourth-order valence-electron chi connectivity index (χ4n) is 3.24. The molecule has 1 N–H and O–H groups in total. The molecule has 0 radical (unpaired) electrons. The molecule has 3 rings (SSSR count). The van der Waals surface area contributed by atoms with Crippen molar-refractivity contribution in [2.75, 3.05) is 11.1 Å². The molecule has 0 saturated carbocycles. The van der Waals surface area contributed by atoms with Crippen LogP contribution in [0.5, 0.6) is 0 Å². The molecule has 1 amide bonds. The lowest BCUT2D eigenvalue weighted by molar-refractivity contribution is -0.113. The summed E-state index contributed by atoms with van der Waals surface area (Å²) >= 11 is 1.33. The van der Waals surface area contributed by atoms with E-state index in [9.17, 15) is 4.79 Å². The smallest absolute Gasteiger partial charge is 0.253 e. The molecule has 2 aromatic heterocycles. The number of benzene rings is 1. The number of rotatable bonds is 7. The fourth-order valence-corrected chi connectivity index (χ4v) is 3.85. The Morgan fingerprint density at radius 3 is 2.68 bits per heavy atom. The number of carbonyl (C=O) groups is 1. The number of hydrogen-bond donors (Lipinski definition) is 1. The summed E-state index contributed by atoms with van der Waals surface area (Å²) in [4.78, 5) is 21.4. The molecule has 28 heavy (non-hydrogen) atoms. The maximum absolute atomic E-state index is 12.3. The third-order valence-electron chi connectivity index (χ3n) is 4.80. The van der Waals surface area contributed by atoms with Gasteiger partial charge in [0.25, 0.3) is 5.78 Å². The van der Waals surface area contributed by atoms with E-state index in [1.807, 2.05) is 32.9 Å². The van der Waals surface area contributed by atoms with Crippen LogP contribution >= 0.6 is 11.8 Å². The van der Waals surface area contributed by atoms with Crippen molar-refractivity contribution >= 4 is 29.1 Å². The molecule has 0 atom stereocenters. The van der Waals surface area contributed by atoms with Gasteiger partial charge < -0.3 is 5.32 Å². The van der Waals surface area contributed by atoms with Crippen LogP contribution in [0.3, 0.4) is 0 Å². The molecule has 0 saturated heterocycles. The zero-order chi connectivity index (χ0) is 20.3. The minimum Gasteiger partial charge on any atom is -0.325 e. The number of unbranched alkanes of at least 4 members (excludes halogenated alkanes) is 1. The van der Waals surface area contributed by atoms with E-state index in [1.165, 1.54) is 22.9 Å². The van der Waals surface area contributed by atoms with Crippen molar-refractivity contribution in [2.45, 2.75) is 59.0 Å². The molecular formula is C21H27N5OS. The molecule has 0 fully saturated rings. The fraction of sp³-hybridized carbons (Fsp3) is 0.429. The number of aromatic nitrogens is 4. The largest absolute Gasteiger partial charge is 0.325 e. The monoisotopic (exact) mass is 397 g/mol. The Morgan fingerprint density at radius 2 is 1.96 bits per heavy atom. The maximum atomic E-state index is 12.3. The standard InChI is InChI=1S/C21H27N5OS/c1-6-7-8-17-15(4)22-20-24-21(25-26(20)16(17)5)28-12-19(27)23-18-10-9-13(2)11-14(18)3/h9-11H,6-8,12H2,1-5H3,(H,23,27). The van der Waals surface area contributed by atoms with E-state index in [0.29, 0.717) is 10.9 Å². The van der Waals surface area contributed by atoms with E-state index in [-0.39, 0.29) is 11.7 Å². The Hall–Kier alpha value is -2.41. The van der Waals surface area contributed by atoms with Crippen LogP contribution < -0.4 is 5.32 Å². The maximum Gasteiger partial charge on any atom is 0.253 e. The molecule has 2 heterocycles. The van der Waals surface area contributed by atoms with Crippen LogP contribution in [0, 0.1) is 27.7 Å². The van der Waals surface area contributed by atoms with Crippen LogP contribution in [0.2, 0.25) is 0 Å². The molecule has 0 bridgehead atoms. The Labute approximate surface area is 170 Å². The zero-order valence-corrected chi connectivity index (χ0v) is 18.0. The highest BCUT2D eigenvalue weighted by molar-refractivity contribution is 7.99. The number of nitrogens with one attached hydrogen (secondary N) is 1. The van der Waals surface area contributed by atoms with E-state index < -0.39 is 0 Å². The molecule has 6 nitrogen and oxygen atoms in total. The third kappa shape index (κ3) is 4.52. The van der Waals surface area contributed by atoms with Crippen molar-refractivity contribution in [1.82, 2.24) is 19.6 Å². The number of fused-ring (bicyclic) bond motifs is 1. The first-order chi connectivity index (χ1) is 13.4. The average Bonchev–Trinajstić information content (AvgIpc) is 3.05. The molecule has 0 aliphatic carbocycles. The number of carbonyl (C=O) groups excluding carboxylic acids is 1. The van der Waals surface area contributed by atoms with E-state index >= 15 is 0 Å². The molecule has 7 heteroatoms. The lowest BCUT2D eigenvalue weighted by Crippen LogP contribution is -2.15. The van der Waals surface area contributed by atoms with E-state index in [1.54, 1.807) is 4.52 Å². The second-order valence-electron chi connectivity index (χ2n) is 7.13. The van der Waals surface area contributed by atoms with Crippen LogP contribution in [0.25, 0.3) is 5.78 Å². The number of amides is 1. The van der Waals surface area contributed by atoms with Gasteiger partial charge >= 0.3 is 0 Å². The molecule has 0 unspecified atom stereocenters. The van der Waals surface area contributed by atoms with Crippen molar-refractivity contribution in [3.63, 3.8) is 0 Å². The van der Waals surface area contributed by atoms with Gasteiger partial charge in [-0.2, -0.15) is 4.98 Å². The SMILES string of the molecule is CCCCc1c(C)nc2nc(SCC(=O)Nc3ccc(C)cc3C)nn2c1C. The molecule has 0 aliphatic rings. The summed E-state index contributed by atoms with van der Waals surface area (Å²) in [7, 11) is 0. The number of thioether (sulfide) groups is 1. The van der Waals surface area contributed by atoms with Crippen molar-refractivity contribution in [3.8, 4) is 0 Å². The lowest BCUT2D eigenvalue weighted by Gasteiger charge is -2.09. The third-order valence-corrected chi connectivity index (χ3v) is 5.64. The highest BCUT2D eigenvalue weighted by atomic mass is 32.2. The molecule has 1 aromatic carbocycles. The number of nitrogens with zero attached hydrogens (tertiary/aromatic N) is 4. The Kier molecular flexibility index (Phi) is 6.34. The van der Waals surface area contributed by atoms with Gasteiger partial charge in [-0.05, 0) is 57.7 Å². The first kappa shape index (κ1) is 20.3. The molecule has 148 valence electrons. The van der Waals surface area contributed by atoms with Gasteiger partial charge in [-0.15, -0.1) is 5.10 Å². The first-order valence-electron chi connectivity index (χ1n) is 9.61. The zero-order valence-electron chi connectivity index (χ0n) is 17.2. The Bertz CT molecular complexity index is 1010. The average molecular weight is 398 g/mol. The van der Waals surface area contributed by atoms with Gasteiger partial charge in [0, 0.05) is 17.1 Å². The summed E-state index contributed by atoms with van der Waals surface area (Å²) < 4.78 is 1.79. The lowest BCUT2D eigenvalue weighted by atomic mass is 10.1. The van der Waals surface area contributed by atoms with Crippen molar-refractivity contribution < 1.29 is 4.79 Å². The Morgan fingerprint density at radius 1 is 1.18 bits per heavy atom. The van der Waals surface area contributed by atoms with Gasteiger partial charge in [-0.3, -0.25) is 4.79 Å². The quantitative estimate of drug-likeness (QED) is 0.597. The topological polar surface area (TPSA) is 72.2 Å². The van der Waals surface area contributed by atoms with Gasteiger partial charge in [0.15, 0.2) is 0 Å². The van der Waals surface area contributed by atoms with Gasteiger partial charge in [0.1, 0.15) is 0 Å². The van der Waals surface area contributed by atoms with Gasteiger partial charge in [0.2, 0.25) is 11.1 Å². The van der Waals surface area contributed by atoms with Gasteiger partial charge in [-0.25, -0.2) is 9.50 Å². The van der Waals surface area contributed by atoms with E-state index in [4.69, 9.17) is 0 Å². The van der Waals surface area contributed by atoms with Crippen molar-refractivity contribution in [2.24, 2.45) is 0 Å². The van der Waals surface area contributed by atoms with E-state index in [2.05, 4.69) is 40.3 Å². The number of hydrogen-bond acceptors (Lipinski definition) is 5. The predicted octanol–water partition coefficient (Wildman–Crippen LogP) is 4.43. The summed E-state index contributed by atoms with van der Waals surface area (Å²) in [6.07, 6.45) is 3.27. The van der Waals surface area contributed by atoms with Crippen LogP contribution in [0.15, 0.2) is 23.4 Å². The van der Waals surface area contributed by atoms with Crippen LogP contribution in [0.1, 0.15) is 47.8 Å². The van der Waals surface area contributed by atoms with Crippen LogP contribution in [0.4, 0.5) is 5.69 Å². The summed E-state index contributed by atoms with van der Waals surface area (Å²) in [6.45, 7) is 10.3. The summed E-state index contributed by atoms with van der Waals surface area (Å²) in [5.41, 5.74) is 6.40. The second-order valence-corrected chi connectivity index (χ2v) is 8.07.